The molecule has 1 N–H and O–H groups in total. The topological polar surface area (TPSA) is 42.2 Å². The Kier molecular flexibility index (Phi) is 3.40. The SMILES string of the molecule is CNCCC#Cc1cnn2ccc(Cl)nc12. The van der Waals surface area contributed by atoms with Crippen LogP contribution in [0.15, 0.2) is 18.5 Å². The molecule has 0 aliphatic rings. The van der Waals surface area contributed by atoms with Gasteiger partial charge in [-0.1, -0.05) is 23.4 Å². The van der Waals surface area contributed by atoms with E-state index in [4.69, 9.17) is 11.6 Å². The molecule has 0 radical (unpaired) electrons. The maximum atomic E-state index is 5.82. The summed E-state index contributed by atoms with van der Waals surface area (Å²) in [5.74, 6) is 6.09. The highest BCUT2D eigenvalue weighted by Gasteiger charge is 2.02. The fraction of sp³-hybridized carbons (Fsp3) is 0.273. The number of nitrogens with one attached hydrogen (secondary N) is 1. The van der Waals surface area contributed by atoms with Crippen LogP contribution in [0.5, 0.6) is 0 Å². The van der Waals surface area contributed by atoms with Crippen molar-refractivity contribution in [1.29, 1.82) is 0 Å². The lowest BCUT2D eigenvalue weighted by molar-refractivity contribution is 0.818. The second kappa shape index (κ2) is 4.97. The molecule has 0 atom stereocenters. The second-order valence-electron chi connectivity index (χ2n) is 3.23. The van der Waals surface area contributed by atoms with Crippen LogP contribution < -0.4 is 5.32 Å². The van der Waals surface area contributed by atoms with E-state index in [1.165, 1.54) is 0 Å². The highest BCUT2D eigenvalue weighted by atomic mass is 35.5. The summed E-state index contributed by atoms with van der Waals surface area (Å²) in [5, 5.41) is 7.62. The van der Waals surface area contributed by atoms with Gasteiger partial charge in [0.05, 0.1) is 11.8 Å². The van der Waals surface area contributed by atoms with Gasteiger partial charge in [0.15, 0.2) is 5.65 Å². The Morgan fingerprint density at radius 1 is 1.56 bits per heavy atom. The third kappa shape index (κ3) is 2.32. The van der Waals surface area contributed by atoms with Crippen molar-refractivity contribution in [3.63, 3.8) is 0 Å². The van der Waals surface area contributed by atoms with Crippen LogP contribution in [-0.4, -0.2) is 28.2 Å². The lowest BCUT2D eigenvalue weighted by atomic mass is 10.3. The molecule has 0 amide bonds. The van der Waals surface area contributed by atoms with Crippen molar-refractivity contribution >= 4 is 17.2 Å². The molecule has 2 aromatic heterocycles. The van der Waals surface area contributed by atoms with Gasteiger partial charge in [-0.25, -0.2) is 9.50 Å². The summed E-state index contributed by atoms with van der Waals surface area (Å²) in [7, 11) is 1.90. The molecule has 2 aromatic rings. The van der Waals surface area contributed by atoms with Gasteiger partial charge in [0.1, 0.15) is 5.15 Å². The first kappa shape index (κ1) is 10.9. The Balaban J connectivity index is 2.29. The van der Waals surface area contributed by atoms with Gasteiger partial charge in [-0.3, -0.25) is 0 Å². The molecule has 2 rings (SSSR count). The van der Waals surface area contributed by atoms with Gasteiger partial charge in [0.25, 0.3) is 0 Å². The average Bonchev–Trinajstić information content (AvgIpc) is 2.67. The molecule has 5 heteroatoms. The predicted molar refractivity (Wildman–Crippen MR) is 63.4 cm³/mol. The molecule has 82 valence electrons. The fourth-order valence-electron chi connectivity index (χ4n) is 1.28. The Morgan fingerprint density at radius 3 is 3.25 bits per heavy atom. The maximum Gasteiger partial charge on any atom is 0.172 e. The lowest BCUT2D eigenvalue weighted by Crippen LogP contribution is -2.05. The molecule has 0 unspecified atom stereocenters. The summed E-state index contributed by atoms with van der Waals surface area (Å²) in [4.78, 5) is 4.18. The zero-order chi connectivity index (χ0) is 11.4. The summed E-state index contributed by atoms with van der Waals surface area (Å²) < 4.78 is 1.66. The van der Waals surface area contributed by atoms with Crippen LogP contribution in [0.3, 0.4) is 0 Å². The highest BCUT2D eigenvalue weighted by molar-refractivity contribution is 6.29. The van der Waals surface area contributed by atoms with Crippen molar-refractivity contribution < 1.29 is 0 Å². The van der Waals surface area contributed by atoms with E-state index in [1.54, 1.807) is 23.0 Å². The monoisotopic (exact) mass is 234 g/mol. The smallest absolute Gasteiger partial charge is 0.172 e. The van der Waals surface area contributed by atoms with E-state index in [0.717, 1.165) is 18.5 Å². The largest absolute Gasteiger partial charge is 0.319 e. The van der Waals surface area contributed by atoms with E-state index in [0.29, 0.717) is 10.8 Å². The molecule has 2 heterocycles. The number of nitrogens with zero attached hydrogens (tertiary/aromatic N) is 3. The predicted octanol–water partition coefficient (Wildman–Crippen LogP) is 1.34. The molecular weight excluding hydrogens is 224 g/mol. The van der Waals surface area contributed by atoms with E-state index in [2.05, 4.69) is 27.2 Å². The van der Waals surface area contributed by atoms with Gasteiger partial charge in [-0.15, -0.1) is 0 Å². The van der Waals surface area contributed by atoms with E-state index >= 15 is 0 Å². The third-order valence-electron chi connectivity index (χ3n) is 2.06. The van der Waals surface area contributed by atoms with Crippen molar-refractivity contribution in [2.75, 3.05) is 13.6 Å². The van der Waals surface area contributed by atoms with Gasteiger partial charge in [0.2, 0.25) is 0 Å². The summed E-state index contributed by atoms with van der Waals surface area (Å²) in [6, 6.07) is 1.69. The minimum absolute atomic E-state index is 0.450. The number of hydrogen-bond donors (Lipinski definition) is 1. The fourth-order valence-corrected chi connectivity index (χ4v) is 1.42. The number of halogens is 1. The van der Waals surface area contributed by atoms with Crippen molar-refractivity contribution in [3.8, 4) is 11.8 Å². The molecule has 0 spiro atoms. The first-order valence-electron chi connectivity index (χ1n) is 4.94. The van der Waals surface area contributed by atoms with Crippen LogP contribution in [0.25, 0.3) is 5.65 Å². The first-order valence-corrected chi connectivity index (χ1v) is 5.32. The van der Waals surface area contributed by atoms with E-state index in [9.17, 15) is 0 Å². The second-order valence-corrected chi connectivity index (χ2v) is 3.62. The van der Waals surface area contributed by atoms with Crippen molar-refractivity contribution in [2.45, 2.75) is 6.42 Å². The van der Waals surface area contributed by atoms with Gasteiger partial charge in [0, 0.05) is 19.2 Å². The van der Waals surface area contributed by atoms with Crippen LogP contribution in [0.4, 0.5) is 0 Å². The molecule has 0 saturated carbocycles. The van der Waals surface area contributed by atoms with E-state index in [-0.39, 0.29) is 0 Å². The van der Waals surface area contributed by atoms with E-state index < -0.39 is 0 Å². The maximum absolute atomic E-state index is 5.82. The van der Waals surface area contributed by atoms with Gasteiger partial charge >= 0.3 is 0 Å². The molecule has 16 heavy (non-hydrogen) atoms. The molecule has 0 aliphatic heterocycles. The first-order chi connectivity index (χ1) is 7.81. The molecule has 0 bridgehead atoms. The number of hydrogen-bond acceptors (Lipinski definition) is 3. The average molecular weight is 235 g/mol. The highest BCUT2D eigenvalue weighted by Crippen LogP contribution is 2.10. The summed E-state index contributed by atoms with van der Waals surface area (Å²) >= 11 is 5.82. The van der Waals surface area contributed by atoms with Gasteiger partial charge in [-0.2, -0.15) is 5.10 Å². The molecule has 4 nitrogen and oxygen atoms in total. The number of rotatable bonds is 2. The van der Waals surface area contributed by atoms with Gasteiger partial charge < -0.3 is 5.32 Å². The third-order valence-corrected chi connectivity index (χ3v) is 2.27. The summed E-state index contributed by atoms with van der Waals surface area (Å²) in [6.45, 7) is 0.875. The quantitative estimate of drug-likeness (QED) is 0.485. The Bertz CT molecular complexity index is 550. The summed E-state index contributed by atoms with van der Waals surface area (Å²) in [5.41, 5.74) is 1.50. The molecule has 0 saturated heterocycles. The Labute approximate surface area is 98.6 Å². The normalized spacial score (nSPS) is 10.1. The zero-order valence-electron chi connectivity index (χ0n) is 8.87. The van der Waals surface area contributed by atoms with Crippen molar-refractivity contribution in [2.24, 2.45) is 0 Å². The van der Waals surface area contributed by atoms with Crippen LogP contribution in [0.2, 0.25) is 5.15 Å². The summed E-state index contributed by atoms with van der Waals surface area (Å²) in [6.07, 6.45) is 4.27. The Hall–Kier alpha value is -1.57. The number of aromatic nitrogens is 3. The van der Waals surface area contributed by atoms with E-state index in [1.807, 2.05) is 7.05 Å². The van der Waals surface area contributed by atoms with Crippen LogP contribution in [0, 0.1) is 11.8 Å². The standard InChI is InChI=1S/C11H11ClN4/c1-13-6-3-2-4-9-8-14-16-7-5-10(12)15-11(9)16/h5,7-8,13H,3,6H2,1H3. The van der Waals surface area contributed by atoms with Crippen molar-refractivity contribution in [1.82, 2.24) is 19.9 Å². The minimum Gasteiger partial charge on any atom is -0.319 e. The molecular formula is C11H11ClN4. The zero-order valence-corrected chi connectivity index (χ0v) is 9.62. The molecule has 0 aromatic carbocycles. The van der Waals surface area contributed by atoms with Crippen LogP contribution in [0.1, 0.15) is 12.0 Å². The number of fused-ring (bicyclic) bond motifs is 1. The molecule has 0 fully saturated rings. The van der Waals surface area contributed by atoms with Crippen LogP contribution >= 0.6 is 11.6 Å². The minimum atomic E-state index is 0.450. The van der Waals surface area contributed by atoms with Crippen LogP contribution in [-0.2, 0) is 0 Å². The Morgan fingerprint density at radius 2 is 2.44 bits per heavy atom. The van der Waals surface area contributed by atoms with Gasteiger partial charge in [-0.05, 0) is 13.1 Å². The van der Waals surface area contributed by atoms with Crippen molar-refractivity contribution in [3.05, 3.63) is 29.2 Å². The lowest BCUT2D eigenvalue weighted by Gasteiger charge is -1.92. The molecule has 0 aliphatic carbocycles.